The van der Waals surface area contributed by atoms with Gasteiger partial charge in [-0.15, -0.1) is 11.6 Å². The van der Waals surface area contributed by atoms with Crippen molar-refractivity contribution >= 4 is 33.3 Å². The van der Waals surface area contributed by atoms with Gasteiger partial charge in [0.2, 0.25) is 0 Å². The Balaban J connectivity index is 1.87. The minimum atomic E-state index is 0.491. The summed E-state index contributed by atoms with van der Waals surface area (Å²) >= 11 is 9.53. The van der Waals surface area contributed by atoms with Crippen LogP contribution in [-0.2, 0) is 18.7 Å². The highest BCUT2D eigenvalue weighted by molar-refractivity contribution is 9.10. The number of nitrogens with zero attached hydrogens (tertiary/aromatic N) is 2. The molecule has 1 aliphatic heterocycles. The highest BCUT2D eigenvalue weighted by Crippen LogP contribution is 2.26. The quantitative estimate of drug-likeness (QED) is 0.754. The van der Waals surface area contributed by atoms with E-state index < -0.39 is 0 Å². The summed E-state index contributed by atoms with van der Waals surface area (Å²) < 4.78 is 0.981. The normalized spacial score (nSPS) is 14.8. The lowest BCUT2D eigenvalue weighted by atomic mass is 10.0. The predicted octanol–water partition coefficient (Wildman–Crippen LogP) is 4.19. The van der Waals surface area contributed by atoms with Crippen LogP contribution in [0.5, 0.6) is 0 Å². The van der Waals surface area contributed by atoms with Gasteiger partial charge in [-0.3, -0.25) is 0 Å². The third kappa shape index (κ3) is 2.84. The van der Waals surface area contributed by atoms with Gasteiger partial charge in [-0.1, -0.05) is 24.3 Å². The molecule has 0 aliphatic carbocycles. The van der Waals surface area contributed by atoms with Crippen LogP contribution in [-0.4, -0.2) is 18.1 Å². The maximum Gasteiger partial charge on any atom is 0.133 e. The molecule has 4 heteroatoms. The van der Waals surface area contributed by atoms with E-state index in [2.05, 4.69) is 56.1 Å². The number of halogens is 2. The monoisotopic (exact) mass is 350 g/mol. The molecule has 0 radical (unpaired) electrons. The number of rotatable bonds is 2. The average molecular weight is 352 g/mol. The molecule has 0 atom stereocenters. The second-order valence-corrected chi connectivity index (χ2v) is 6.21. The van der Waals surface area contributed by atoms with Crippen molar-refractivity contribution in [3.8, 4) is 0 Å². The van der Waals surface area contributed by atoms with Gasteiger partial charge in [0, 0.05) is 29.3 Å². The largest absolute Gasteiger partial charge is 0.356 e. The molecule has 104 valence electrons. The van der Waals surface area contributed by atoms with Gasteiger partial charge in [-0.25, -0.2) is 4.98 Å². The number of benzene rings is 1. The molecule has 0 saturated heterocycles. The van der Waals surface area contributed by atoms with Crippen molar-refractivity contribution < 1.29 is 0 Å². The summed E-state index contributed by atoms with van der Waals surface area (Å²) in [7, 11) is 0. The van der Waals surface area contributed by atoms with E-state index in [0.717, 1.165) is 41.8 Å². The van der Waals surface area contributed by atoms with E-state index in [1.54, 1.807) is 0 Å². The molecule has 0 unspecified atom stereocenters. The average Bonchev–Trinajstić information content (AvgIpc) is 2.70. The first-order valence-corrected chi connectivity index (χ1v) is 8.13. The van der Waals surface area contributed by atoms with Crippen LogP contribution in [0.25, 0.3) is 0 Å². The zero-order valence-corrected chi connectivity index (χ0v) is 13.5. The van der Waals surface area contributed by atoms with Crippen molar-refractivity contribution in [2.75, 3.05) is 18.0 Å². The molecule has 2 nitrogen and oxygen atoms in total. The Kier molecular flexibility index (Phi) is 4.27. The molecule has 1 aromatic carbocycles. The number of alkyl halides is 1. The van der Waals surface area contributed by atoms with Gasteiger partial charge in [0.05, 0.1) is 5.88 Å². The highest BCUT2D eigenvalue weighted by atomic mass is 79.9. The molecule has 0 fully saturated rings. The topological polar surface area (TPSA) is 16.1 Å². The zero-order valence-electron chi connectivity index (χ0n) is 11.1. The fourth-order valence-corrected chi connectivity index (χ4v) is 3.31. The van der Waals surface area contributed by atoms with Crippen LogP contribution >= 0.6 is 27.5 Å². The molecule has 0 bridgehead atoms. The van der Waals surface area contributed by atoms with E-state index in [1.165, 1.54) is 11.1 Å². The Hall–Kier alpha value is -1.06. The fraction of sp³-hybridized carbons (Fsp3) is 0.312. The van der Waals surface area contributed by atoms with Crippen LogP contribution < -0.4 is 4.90 Å². The van der Waals surface area contributed by atoms with Crippen molar-refractivity contribution in [3.05, 3.63) is 57.7 Å². The number of fused-ring (bicyclic) bond motifs is 1. The number of hydrogen-bond acceptors (Lipinski definition) is 2. The van der Waals surface area contributed by atoms with E-state index in [1.807, 2.05) is 6.20 Å². The highest BCUT2D eigenvalue weighted by Gasteiger charge is 2.17. The molecule has 20 heavy (non-hydrogen) atoms. The van der Waals surface area contributed by atoms with Gasteiger partial charge in [0.15, 0.2) is 0 Å². The maximum absolute atomic E-state index is 6.07. The molecule has 0 amide bonds. The summed E-state index contributed by atoms with van der Waals surface area (Å²) in [5.74, 6) is 1.52. The predicted molar refractivity (Wildman–Crippen MR) is 87.6 cm³/mol. The lowest BCUT2D eigenvalue weighted by molar-refractivity contribution is 0.785. The minimum Gasteiger partial charge on any atom is -0.356 e. The Morgan fingerprint density at radius 2 is 1.80 bits per heavy atom. The molecule has 1 aromatic heterocycles. The third-order valence-corrected chi connectivity index (χ3v) is 4.50. The van der Waals surface area contributed by atoms with Gasteiger partial charge >= 0.3 is 0 Å². The molecule has 2 heterocycles. The first kappa shape index (κ1) is 13.9. The van der Waals surface area contributed by atoms with Crippen LogP contribution in [0, 0.1) is 0 Å². The SMILES string of the molecule is ClCc1cc(Br)cnc1N1CCc2ccccc2CC1. The first-order chi connectivity index (χ1) is 9.78. The van der Waals surface area contributed by atoms with Gasteiger partial charge in [-0.05, 0) is 46.0 Å². The lowest BCUT2D eigenvalue weighted by Crippen LogP contribution is -2.27. The van der Waals surface area contributed by atoms with E-state index in [0.29, 0.717) is 5.88 Å². The maximum atomic E-state index is 6.07. The van der Waals surface area contributed by atoms with E-state index in [4.69, 9.17) is 11.6 Å². The summed E-state index contributed by atoms with van der Waals surface area (Å²) in [6.07, 6.45) is 3.98. The summed E-state index contributed by atoms with van der Waals surface area (Å²) in [6.45, 7) is 1.99. The molecule has 0 saturated carbocycles. The van der Waals surface area contributed by atoms with Crippen LogP contribution in [0.15, 0.2) is 41.0 Å². The van der Waals surface area contributed by atoms with Crippen LogP contribution in [0.1, 0.15) is 16.7 Å². The number of pyridine rings is 1. The second kappa shape index (κ2) is 6.15. The molecule has 0 spiro atoms. The Bertz CT molecular complexity index is 588. The van der Waals surface area contributed by atoms with Gasteiger partial charge in [-0.2, -0.15) is 0 Å². The number of hydrogen-bond donors (Lipinski definition) is 0. The van der Waals surface area contributed by atoms with E-state index in [9.17, 15) is 0 Å². The number of anilines is 1. The molecule has 0 N–H and O–H groups in total. The lowest BCUT2D eigenvalue weighted by Gasteiger charge is -2.23. The molecule has 1 aliphatic rings. The van der Waals surface area contributed by atoms with Crippen molar-refractivity contribution in [1.29, 1.82) is 0 Å². The van der Waals surface area contributed by atoms with Crippen molar-refractivity contribution in [2.45, 2.75) is 18.7 Å². The van der Waals surface area contributed by atoms with Gasteiger partial charge in [0.25, 0.3) is 0 Å². The van der Waals surface area contributed by atoms with Gasteiger partial charge in [0.1, 0.15) is 5.82 Å². The fourth-order valence-electron chi connectivity index (χ4n) is 2.74. The van der Waals surface area contributed by atoms with Crippen molar-refractivity contribution in [2.24, 2.45) is 0 Å². The minimum absolute atomic E-state index is 0.491. The third-order valence-electron chi connectivity index (χ3n) is 3.77. The summed E-state index contributed by atoms with van der Waals surface area (Å²) in [6, 6.07) is 10.8. The van der Waals surface area contributed by atoms with Gasteiger partial charge < -0.3 is 4.90 Å². The van der Waals surface area contributed by atoms with Crippen LogP contribution in [0.2, 0.25) is 0 Å². The Morgan fingerprint density at radius 3 is 2.40 bits per heavy atom. The standard InChI is InChI=1S/C16H16BrClN2/c17-15-9-14(10-18)16(19-11-15)20-7-5-12-3-1-2-4-13(12)6-8-20/h1-4,9,11H,5-8,10H2. The number of aromatic nitrogens is 1. The van der Waals surface area contributed by atoms with Crippen LogP contribution in [0.4, 0.5) is 5.82 Å². The van der Waals surface area contributed by atoms with E-state index >= 15 is 0 Å². The molecular formula is C16H16BrClN2. The molecule has 3 rings (SSSR count). The first-order valence-electron chi connectivity index (χ1n) is 6.80. The smallest absolute Gasteiger partial charge is 0.133 e. The van der Waals surface area contributed by atoms with Crippen molar-refractivity contribution in [3.63, 3.8) is 0 Å². The Morgan fingerprint density at radius 1 is 1.15 bits per heavy atom. The Labute approximate surface area is 132 Å². The zero-order chi connectivity index (χ0) is 13.9. The van der Waals surface area contributed by atoms with Crippen molar-refractivity contribution in [1.82, 2.24) is 4.98 Å². The van der Waals surface area contributed by atoms with E-state index in [-0.39, 0.29) is 0 Å². The summed E-state index contributed by atoms with van der Waals surface area (Å²) in [4.78, 5) is 6.92. The molecular weight excluding hydrogens is 336 g/mol. The summed E-state index contributed by atoms with van der Waals surface area (Å²) in [5.41, 5.74) is 4.01. The second-order valence-electron chi connectivity index (χ2n) is 5.03. The molecule has 2 aromatic rings. The van der Waals surface area contributed by atoms with Crippen LogP contribution in [0.3, 0.4) is 0 Å². The summed E-state index contributed by atoms with van der Waals surface area (Å²) in [5, 5.41) is 0.